The summed E-state index contributed by atoms with van der Waals surface area (Å²) in [7, 11) is 0. The van der Waals surface area contributed by atoms with Crippen LogP contribution in [0.2, 0.25) is 0 Å². The molecule has 0 aromatic heterocycles. The number of carbonyl (C=O) groups is 1. The summed E-state index contributed by atoms with van der Waals surface area (Å²) in [6.45, 7) is 4.22. The van der Waals surface area contributed by atoms with Crippen LogP contribution in [0.3, 0.4) is 0 Å². The van der Waals surface area contributed by atoms with E-state index in [0.717, 1.165) is 5.57 Å². The van der Waals surface area contributed by atoms with Gasteiger partial charge in [-0.25, -0.2) is 4.39 Å². The third-order valence-corrected chi connectivity index (χ3v) is 2.92. The van der Waals surface area contributed by atoms with Crippen LogP contribution >= 0.6 is 0 Å². The van der Waals surface area contributed by atoms with E-state index in [-0.39, 0.29) is 17.5 Å². The molecule has 3 nitrogen and oxygen atoms in total. The number of nitrogens with zero attached hydrogens (tertiary/aromatic N) is 1. The number of hydrogen-bond donors (Lipinski definition) is 1. The summed E-state index contributed by atoms with van der Waals surface area (Å²) in [4.78, 5) is 13.3. The van der Waals surface area contributed by atoms with Gasteiger partial charge < -0.3 is 10.0 Å². The molecule has 17 heavy (non-hydrogen) atoms. The van der Waals surface area contributed by atoms with Gasteiger partial charge in [0.1, 0.15) is 5.82 Å². The standard InChI is InChI=1S/C13H14FNO2/c1-8(2)11-7-15(13(17)12(11)16)10-5-3-9(14)4-6-10/h3-6,8,16H,7H2,1-2H3. The lowest BCUT2D eigenvalue weighted by molar-refractivity contribution is -0.116. The molecule has 0 aliphatic carbocycles. The van der Waals surface area contributed by atoms with Crippen LogP contribution in [-0.4, -0.2) is 17.6 Å². The maximum atomic E-state index is 12.8. The van der Waals surface area contributed by atoms with E-state index in [0.29, 0.717) is 12.2 Å². The first-order chi connectivity index (χ1) is 8.00. The highest BCUT2D eigenvalue weighted by Gasteiger charge is 2.32. The van der Waals surface area contributed by atoms with Crippen molar-refractivity contribution in [3.05, 3.63) is 41.4 Å². The Morgan fingerprint density at radius 1 is 1.29 bits per heavy atom. The predicted molar refractivity (Wildman–Crippen MR) is 63.2 cm³/mol. The summed E-state index contributed by atoms with van der Waals surface area (Å²) in [6.07, 6.45) is 0. The highest BCUT2D eigenvalue weighted by atomic mass is 19.1. The van der Waals surface area contributed by atoms with Gasteiger partial charge in [-0.3, -0.25) is 4.79 Å². The second-order valence-corrected chi connectivity index (χ2v) is 4.40. The van der Waals surface area contributed by atoms with Crippen molar-refractivity contribution in [2.24, 2.45) is 5.92 Å². The molecule has 1 aromatic rings. The minimum Gasteiger partial charge on any atom is -0.503 e. The minimum atomic E-state index is -0.416. The molecular formula is C13H14FNO2. The second-order valence-electron chi connectivity index (χ2n) is 4.40. The Morgan fingerprint density at radius 2 is 1.88 bits per heavy atom. The third kappa shape index (κ3) is 2.02. The fourth-order valence-corrected chi connectivity index (χ4v) is 1.87. The zero-order chi connectivity index (χ0) is 12.6. The quantitative estimate of drug-likeness (QED) is 0.856. The molecule has 0 spiro atoms. The van der Waals surface area contributed by atoms with Crippen molar-refractivity contribution in [3.63, 3.8) is 0 Å². The Morgan fingerprint density at radius 3 is 2.35 bits per heavy atom. The van der Waals surface area contributed by atoms with Crippen molar-refractivity contribution < 1.29 is 14.3 Å². The van der Waals surface area contributed by atoms with Crippen LogP contribution in [0.15, 0.2) is 35.6 Å². The zero-order valence-corrected chi connectivity index (χ0v) is 9.77. The molecule has 0 saturated carbocycles. The van der Waals surface area contributed by atoms with Crippen molar-refractivity contribution in [3.8, 4) is 0 Å². The molecule has 1 N–H and O–H groups in total. The molecule has 1 aromatic carbocycles. The Labute approximate surface area is 99.2 Å². The maximum absolute atomic E-state index is 12.8. The Bertz CT molecular complexity index is 477. The van der Waals surface area contributed by atoms with E-state index in [1.54, 1.807) is 0 Å². The number of aliphatic hydroxyl groups is 1. The van der Waals surface area contributed by atoms with E-state index in [1.165, 1.54) is 29.2 Å². The minimum absolute atomic E-state index is 0.115. The lowest BCUT2D eigenvalue weighted by atomic mass is 10.0. The first-order valence-electron chi connectivity index (χ1n) is 5.50. The van der Waals surface area contributed by atoms with Gasteiger partial charge in [0, 0.05) is 5.69 Å². The summed E-state index contributed by atoms with van der Waals surface area (Å²) in [5, 5.41) is 9.73. The molecule has 0 fully saturated rings. The number of rotatable bonds is 2. The molecule has 0 unspecified atom stereocenters. The summed E-state index contributed by atoms with van der Waals surface area (Å²) >= 11 is 0. The first kappa shape index (κ1) is 11.6. The van der Waals surface area contributed by atoms with E-state index in [2.05, 4.69) is 0 Å². The normalized spacial score (nSPS) is 16.2. The SMILES string of the molecule is CC(C)C1=C(O)C(=O)N(c2ccc(F)cc2)C1. The Kier molecular flexibility index (Phi) is 2.88. The van der Waals surface area contributed by atoms with E-state index in [1.807, 2.05) is 13.8 Å². The second kappa shape index (κ2) is 4.20. The van der Waals surface area contributed by atoms with Crippen molar-refractivity contribution in [1.82, 2.24) is 0 Å². The lowest BCUT2D eigenvalue weighted by Gasteiger charge is -2.16. The molecule has 0 radical (unpaired) electrons. The highest BCUT2D eigenvalue weighted by Crippen LogP contribution is 2.28. The summed E-state index contributed by atoms with van der Waals surface area (Å²) in [5.74, 6) is -0.823. The van der Waals surface area contributed by atoms with Gasteiger partial charge in [-0.15, -0.1) is 0 Å². The molecule has 90 valence electrons. The lowest BCUT2D eigenvalue weighted by Crippen LogP contribution is -2.26. The van der Waals surface area contributed by atoms with Crippen molar-refractivity contribution in [2.75, 3.05) is 11.4 Å². The van der Waals surface area contributed by atoms with Crippen LogP contribution in [0.25, 0.3) is 0 Å². The fraction of sp³-hybridized carbons (Fsp3) is 0.308. The van der Waals surface area contributed by atoms with Gasteiger partial charge >= 0.3 is 0 Å². The van der Waals surface area contributed by atoms with Crippen LogP contribution in [0.4, 0.5) is 10.1 Å². The highest BCUT2D eigenvalue weighted by molar-refractivity contribution is 6.07. The largest absolute Gasteiger partial charge is 0.503 e. The van der Waals surface area contributed by atoms with Crippen LogP contribution in [-0.2, 0) is 4.79 Å². The topological polar surface area (TPSA) is 40.5 Å². The number of hydrogen-bond acceptors (Lipinski definition) is 2. The van der Waals surface area contributed by atoms with Crippen LogP contribution in [0, 0.1) is 11.7 Å². The molecule has 0 saturated heterocycles. The van der Waals surface area contributed by atoms with E-state index in [4.69, 9.17) is 0 Å². The smallest absolute Gasteiger partial charge is 0.293 e. The molecule has 1 aliphatic heterocycles. The summed E-state index contributed by atoms with van der Waals surface area (Å²) in [6, 6.07) is 5.66. The van der Waals surface area contributed by atoms with Crippen molar-refractivity contribution in [2.45, 2.75) is 13.8 Å². The summed E-state index contributed by atoms with van der Waals surface area (Å²) in [5.41, 5.74) is 1.32. The number of anilines is 1. The zero-order valence-electron chi connectivity index (χ0n) is 9.77. The van der Waals surface area contributed by atoms with Crippen molar-refractivity contribution in [1.29, 1.82) is 0 Å². The number of halogens is 1. The molecule has 1 amide bonds. The number of amides is 1. The average molecular weight is 235 g/mol. The molecule has 0 atom stereocenters. The van der Waals surface area contributed by atoms with Gasteiger partial charge in [-0.05, 0) is 35.8 Å². The molecule has 4 heteroatoms. The van der Waals surface area contributed by atoms with E-state index < -0.39 is 5.91 Å². The van der Waals surface area contributed by atoms with Crippen molar-refractivity contribution >= 4 is 11.6 Å². The number of benzene rings is 1. The van der Waals surface area contributed by atoms with Gasteiger partial charge in [-0.2, -0.15) is 0 Å². The van der Waals surface area contributed by atoms with Gasteiger partial charge in [0.2, 0.25) is 0 Å². The van der Waals surface area contributed by atoms with Crippen LogP contribution in [0.5, 0.6) is 0 Å². The van der Waals surface area contributed by atoms with Gasteiger partial charge in [0.05, 0.1) is 6.54 Å². The molecule has 2 rings (SSSR count). The van der Waals surface area contributed by atoms with Gasteiger partial charge in [0.15, 0.2) is 5.76 Å². The van der Waals surface area contributed by atoms with Crippen LogP contribution < -0.4 is 4.90 Å². The average Bonchev–Trinajstić information content (AvgIpc) is 2.58. The van der Waals surface area contributed by atoms with E-state index in [9.17, 15) is 14.3 Å². The van der Waals surface area contributed by atoms with Gasteiger partial charge in [0.25, 0.3) is 5.91 Å². The Hall–Kier alpha value is -1.84. The number of aliphatic hydroxyl groups excluding tert-OH is 1. The van der Waals surface area contributed by atoms with Crippen LogP contribution in [0.1, 0.15) is 13.8 Å². The maximum Gasteiger partial charge on any atom is 0.293 e. The molecule has 0 bridgehead atoms. The first-order valence-corrected chi connectivity index (χ1v) is 5.50. The molecule has 1 heterocycles. The Balaban J connectivity index is 2.28. The van der Waals surface area contributed by atoms with Gasteiger partial charge in [-0.1, -0.05) is 13.8 Å². The third-order valence-electron chi connectivity index (χ3n) is 2.92. The monoisotopic (exact) mass is 235 g/mol. The predicted octanol–water partition coefficient (Wildman–Crippen LogP) is 2.64. The van der Waals surface area contributed by atoms with E-state index >= 15 is 0 Å². The fourth-order valence-electron chi connectivity index (χ4n) is 1.87. The molecule has 1 aliphatic rings. The summed E-state index contributed by atoms with van der Waals surface area (Å²) < 4.78 is 12.8. The molecular weight excluding hydrogens is 221 g/mol. The number of carbonyl (C=O) groups excluding carboxylic acids is 1.